The van der Waals surface area contributed by atoms with Crippen LogP contribution in [0.15, 0.2) is 36.7 Å². The highest BCUT2D eigenvalue weighted by molar-refractivity contribution is 5.91. The van der Waals surface area contributed by atoms with Gasteiger partial charge in [0.2, 0.25) is 5.91 Å². The molecule has 2 aromatic rings. The molecule has 1 aliphatic carbocycles. The summed E-state index contributed by atoms with van der Waals surface area (Å²) in [4.78, 5) is 20.5. The highest BCUT2D eigenvalue weighted by Gasteiger charge is 2.22. The number of hydrogen-bond donors (Lipinski definition) is 0. The molecule has 1 fully saturated rings. The van der Waals surface area contributed by atoms with Crippen molar-refractivity contribution in [3.63, 3.8) is 0 Å². The second-order valence-corrected chi connectivity index (χ2v) is 6.81. The Labute approximate surface area is 153 Å². The summed E-state index contributed by atoms with van der Waals surface area (Å²) in [6, 6.07) is 5.99. The number of carbonyl (C=O) groups excluding carboxylic acids is 1. The first-order valence-corrected chi connectivity index (χ1v) is 9.27. The Morgan fingerprint density at radius 2 is 1.92 bits per heavy atom. The third kappa shape index (κ3) is 3.74. The second kappa shape index (κ2) is 7.64. The predicted octanol–water partition coefficient (Wildman–Crippen LogP) is 2.11. The zero-order valence-corrected chi connectivity index (χ0v) is 14.8. The molecule has 134 valence electrons. The van der Waals surface area contributed by atoms with Crippen LogP contribution < -0.4 is 4.90 Å². The average Bonchev–Trinajstić information content (AvgIpc) is 2.72. The van der Waals surface area contributed by atoms with Gasteiger partial charge in [-0.3, -0.25) is 9.78 Å². The number of fused-ring (bicyclic) bond motifs is 1. The number of aromatic nitrogens is 3. The van der Waals surface area contributed by atoms with Crippen LogP contribution in [-0.2, 0) is 17.6 Å². The van der Waals surface area contributed by atoms with Gasteiger partial charge in [0.1, 0.15) is 0 Å². The van der Waals surface area contributed by atoms with Crippen LogP contribution in [0.25, 0.3) is 6.08 Å². The molecule has 1 aliphatic heterocycles. The van der Waals surface area contributed by atoms with Crippen molar-refractivity contribution >= 4 is 17.8 Å². The molecule has 1 saturated heterocycles. The molecule has 0 aromatic carbocycles. The number of piperazine rings is 1. The molecule has 0 unspecified atom stereocenters. The van der Waals surface area contributed by atoms with Gasteiger partial charge >= 0.3 is 0 Å². The van der Waals surface area contributed by atoms with Crippen molar-refractivity contribution in [2.24, 2.45) is 0 Å². The van der Waals surface area contributed by atoms with Crippen LogP contribution in [0.5, 0.6) is 0 Å². The molecule has 2 aromatic heterocycles. The van der Waals surface area contributed by atoms with Gasteiger partial charge in [-0.15, -0.1) is 5.10 Å². The maximum Gasteiger partial charge on any atom is 0.246 e. The lowest BCUT2D eigenvalue weighted by molar-refractivity contribution is -0.126. The Kier molecular flexibility index (Phi) is 4.91. The molecule has 0 spiro atoms. The van der Waals surface area contributed by atoms with Crippen LogP contribution in [0.2, 0.25) is 0 Å². The summed E-state index contributed by atoms with van der Waals surface area (Å²) in [7, 11) is 0. The number of carbonyl (C=O) groups is 1. The quantitative estimate of drug-likeness (QED) is 0.794. The van der Waals surface area contributed by atoms with Crippen LogP contribution in [0, 0.1) is 0 Å². The molecular formula is C20H23N5O. The molecule has 4 rings (SSSR count). The highest BCUT2D eigenvalue weighted by Crippen LogP contribution is 2.23. The first-order chi connectivity index (χ1) is 12.8. The minimum Gasteiger partial charge on any atom is -0.352 e. The van der Waals surface area contributed by atoms with E-state index in [0.29, 0.717) is 13.1 Å². The van der Waals surface area contributed by atoms with E-state index in [0.717, 1.165) is 43.0 Å². The lowest BCUT2D eigenvalue weighted by atomic mass is 9.97. The van der Waals surface area contributed by atoms with Gasteiger partial charge in [-0.25, -0.2) is 0 Å². The van der Waals surface area contributed by atoms with Gasteiger partial charge in [0.25, 0.3) is 0 Å². The Bertz CT molecular complexity index is 797. The fourth-order valence-electron chi connectivity index (χ4n) is 3.54. The van der Waals surface area contributed by atoms with E-state index in [4.69, 9.17) is 0 Å². The number of aryl methyl sites for hydroxylation is 2. The second-order valence-electron chi connectivity index (χ2n) is 6.81. The number of rotatable bonds is 3. The Balaban J connectivity index is 1.35. The molecule has 0 N–H and O–H groups in total. The zero-order chi connectivity index (χ0) is 17.8. The minimum atomic E-state index is 0.0463. The normalized spacial score (nSPS) is 17.4. The van der Waals surface area contributed by atoms with Gasteiger partial charge in [-0.2, -0.15) is 5.10 Å². The number of nitrogens with zero attached hydrogens (tertiary/aromatic N) is 5. The maximum atomic E-state index is 12.4. The van der Waals surface area contributed by atoms with Crippen molar-refractivity contribution in [1.29, 1.82) is 0 Å². The summed E-state index contributed by atoms with van der Waals surface area (Å²) in [5, 5.41) is 8.84. The van der Waals surface area contributed by atoms with E-state index < -0.39 is 0 Å². The number of amides is 1. The SMILES string of the molecule is O=C(/C=C/c1cccnc1)N1CCN(c2cc3c(nn2)CCCC3)CC1. The van der Waals surface area contributed by atoms with Crippen LogP contribution in [-0.4, -0.2) is 52.2 Å². The number of anilines is 1. The van der Waals surface area contributed by atoms with Crippen molar-refractivity contribution in [2.45, 2.75) is 25.7 Å². The van der Waals surface area contributed by atoms with Crippen LogP contribution in [0.4, 0.5) is 5.82 Å². The molecule has 0 saturated carbocycles. The summed E-state index contributed by atoms with van der Waals surface area (Å²) in [5.74, 6) is 0.994. The summed E-state index contributed by atoms with van der Waals surface area (Å²) >= 11 is 0. The van der Waals surface area contributed by atoms with E-state index in [1.807, 2.05) is 23.1 Å². The van der Waals surface area contributed by atoms with Gasteiger partial charge in [0.05, 0.1) is 5.69 Å². The summed E-state index contributed by atoms with van der Waals surface area (Å²) in [6.07, 6.45) is 11.5. The van der Waals surface area contributed by atoms with Crippen LogP contribution >= 0.6 is 0 Å². The minimum absolute atomic E-state index is 0.0463. The van der Waals surface area contributed by atoms with Crippen molar-refractivity contribution in [3.8, 4) is 0 Å². The monoisotopic (exact) mass is 349 g/mol. The van der Waals surface area contributed by atoms with Crippen molar-refractivity contribution < 1.29 is 4.79 Å². The Hall–Kier alpha value is -2.76. The number of hydrogen-bond acceptors (Lipinski definition) is 5. The zero-order valence-electron chi connectivity index (χ0n) is 14.8. The molecule has 26 heavy (non-hydrogen) atoms. The van der Waals surface area contributed by atoms with E-state index in [2.05, 4.69) is 26.1 Å². The molecule has 6 nitrogen and oxygen atoms in total. The fraction of sp³-hybridized carbons (Fsp3) is 0.400. The van der Waals surface area contributed by atoms with Crippen molar-refractivity contribution in [3.05, 3.63) is 53.5 Å². The van der Waals surface area contributed by atoms with E-state index in [9.17, 15) is 4.79 Å². The maximum absolute atomic E-state index is 12.4. The first kappa shape index (κ1) is 16.7. The number of pyridine rings is 1. The average molecular weight is 349 g/mol. The Morgan fingerprint density at radius 1 is 1.08 bits per heavy atom. The molecule has 0 radical (unpaired) electrons. The van der Waals surface area contributed by atoms with Crippen LogP contribution in [0.3, 0.4) is 0 Å². The molecule has 0 bridgehead atoms. The highest BCUT2D eigenvalue weighted by atomic mass is 16.2. The first-order valence-electron chi connectivity index (χ1n) is 9.27. The van der Waals surface area contributed by atoms with Gasteiger partial charge in [0.15, 0.2) is 5.82 Å². The van der Waals surface area contributed by atoms with E-state index >= 15 is 0 Å². The van der Waals surface area contributed by atoms with E-state index in [1.54, 1.807) is 18.5 Å². The van der Waals surface area contributed by atoms with Gasteiger partial charge in [-0.05, 0) is 55.0 Å². The molecule has 3 heterocycles. The van der Waals surface area contributed by atoms with Crippen molar-refractivity contribution in [1.82, 2.24) is 20.1 Å². The third-order valence-electron chi connectivity index (χ3n) is 5.07. The van der Waals surface area contributed by atoms with Crippen molar-refractivity contribution in [2.75, 3.05) is 31.1 Å². The lowest BCUT2D eigenvalue weighted by Crippen LogP contribution is -2.48. The summed E-state index contributed by atoms with van der Waals surface area (Å²) in [6.45, 7) is 2.99. The summed E-state index contributed by atoms with van der Waals surface area (Å²) in [5.41, 5.74) is 3.44. The topological polar surface area (TPSA) is 62.2 Å². The smallest absolute Gasteiger partial charge is 0.246 e. The Morgan fingerprint density at radius 3 is 2.73 bits per heavy atom. The molecular weight excluding hydrogens is 326 g/mol. The predicted molar refractivity (Wildman–Crippen MR) is 101 cm³/mol. The molecule has 0 atom stereocenters. The van der Waals surface area contributed by atoms with E-state index in [-0.39, 0.29) is 5.91 Å². The molecule has 1 amide bonds. The summed E-state index contributed by atoms with van der Waals surface area (Å²) < 4.78 is 0. The fourth-order valence-corrected chi connectivity index (χ4v) is 3.54. The molecule has 6 heteroatoms. The lowest BCUT2D eigenvalue weighted by Gasteiger charge is -2.35. The standard InChI is InChI=1S/C20H23N5O/c26-20(8-7-16-4-3-9-21-15-16)25-12-10-24(11-13-25)19-14-17-5-1-2-6-18(17)22-23-19/h3-4,7-9,14-15H,1-2,5-6,10-13H2/b8-7+. The van der Waals surface area contributed by atoms with Gasteiger partial charge in [0, 0.05) is 44.6 Å². The van der Waals surface area contributed by atoms with Crippen LogP contribution in [0.1, 0.15) is 29.7 Å². The third-order valence-corrected chi connectivity index (χ3v) is 5.07. The largest absolute Gasteiger partial charge is 0.352 e. The van der Waals surface area contributed by atoms with Gasteiger partial charge in [-0.1, -0.05) is 6.07 Å². The van der Waals surface area contributed by atoms with Gasteiger partial charge < -0.3 is 9.80 Å². The van der Waals surface area contributed by atoms with E-state index in [1.165, 1.54) is 18.4 Å². The molecule has 2 aliphatic rings.